The Morgan fingerprint density at radius 1 is 1.43 bits per heavy atom. The fourth-order valence-electron chi connectivity index (χ4n) is 2.21. The summed E-state index contributed by atoms with van der Waals surface area (Å²) < 4.78 is 0. The molecule has 0 aromatic carbocycles. The Kier molecular flexibility index (Phi) is 4.39. The number of nitrogens with two attached hydrogens (primary N) is 1. The van der Waals surface area contributed by atoms with Gasteiger partial charge in [-0.25, -0.2) is 0 Å². The third-order valence-electron chi connectivity index (χ3n) is 2.97. The van der Waals surface area contributed by atoms with E-state index in [0.29, 0.717) is 6.04 Å². The molecule has 1 rings (SSSR count). The highest BCUT2D eigenvalue weighted by Crippen LogP contribution is 2.19. The Morgan fingerprint density at radius 3 is 2.36 bits per heavy atom. The summed E-state index contributed by atoms with van der Waals surface area (Å²) in [6, 6.07) is 0.206. The molecule has 1 amide bonds. The molecule has 82 valence electrons. The normalized spacial score (nSPS) is 22.4. The van der Waals surface area contributed by atoms with Crippen LogP contribution in [-0.2, 0) is 4.79 Å². The van der Waals surface area contributed by atoms with E-state index >= 15 is 0 Å². The summed E-state index contributed by atoms with van der Waals surface area (Å²) in [6.07, 6.45) is 5.36. The van der Waals surface area contributed by atoms with Crippen LogP contribution in [0.25, 0.3) is 0 Å². The summed E-state index contributed by atoms with van der Waals surface area (Å²) in [5.74, 6) is 0.164. The van der Waals surface area contributed by atoms with Crippen molar-refractivity contribution in [1.82, 2.24) is 4.90 Å². The van der Waals surface area contributed by atoms with Gasteiger partial charge in [-0.15, -0.1) is 0 Å². The predicted octanol–water partition coefficient (Wildman–Crippen LogP) is 1.51. The topological polar surface area (TPSA) is 46.3 Å². The summed E-state index contributed by atoms with van der Waals surface area (Å²) in [7, 11) is 0. The highest BCUT2D eigenvalue weighted by atomic mass is 16.2. The number of carbonyl (C=O) groups excluding carboxylic acids is 1. The quantitative estimate of drug-likeness (QED) is 0.728. The number of nitrogens with zero attached hydrogens (tertiary/aromatic N) is 1. The van der Waals surface area contributed by atoms with Gasteiger partial charge >= 0.3 is 0 Å². The molecule has 2 N–H and O–H groups in total. The molecular formula is C11H22N2O. The van der Waals surface area contributed by atoms with Crippen LogP contribution < -0.4 is 5.73 Å². The molecule has 0 bridgehead atoms. The van der Waals surface area contributed by atoms with E-state index in [-0.39, 0.29) is 11.9 Å². The highest BCUT2D eigenvalue weighted by molar-refractivity contribution is 5.83. The largest absolute Gasteiger partial charge is 0.338 e. The molecule has 1 unspecified atom stereocenters. The maximum atomic E-state index is 11.7. The molecule has 0 aromatic rings. The first-order valence-corrected chi connectivity index (χ1v) is 5.76. The molecule has 1 aliphatic rings. The molecule has 14 heavy (non-hydrogen) atoms. The van der Waals surface area contributed by atoms with Crippen molar-refractivity contribution in [3.8, 4) is 0 Å². The van der Waals surface area contributed by atoms with Crippen molar-refractivity contribution in [2.24, 2.45) is 5.73 Å². The molecule has 0 aromatic heterocycles. The van der Waals surface area contributed by atoms with Gasteiger partial charge in [0.2, 0.25) is 5.91 Å². The van der Waals surface area contributed by atoms with Crippen molar-refractivity contribution >= 4 is 5.91 Å². The summed E-state index contributed by atoms with van der Waals surface area (Å²) in [4.78, 5) is 13.7. The predicted molar refractivity (Wildman–Crippen MR) is 57.9 cm³/mol. The maximum Gasteiger partial charge on any atom is 0.239 e. The standard InChI is InChI=1S/C11H22N2O/c1-3-5-9(6-4-2)13-8-7-10(12)11(13)14/h9-10H,3-8,12H2,1-2H3. The van der Waals surface area contributed by atoms with Crippen LogP contribution in [0.15, 0.2) is 0 Å². The molecule has 1 saturated heterocycles. The van der Waals surface area contributed by atoms with Crippen LogP contribution in [-0.4, -0.2) is 29.4 Å². The second-order valence-electron chi connectivity index (χ2n) is 4.16. The summed E-state index contributed by atoms with van der Waals surface area (Å²) in [5, 5.41) is 0. The summed E-state index contributed by atoms with van der Waals surface area (Å²) in [5.41, 5.74) is 5.71. The molecule has 1 atom stereocenters. The number of carbonyl (C=O) groups is 1. The van der Waals surface area contributed by atoms with Gasteiger partial charge in [0.1, 0.15) is 0 Å². The van der Waals surface area contributed by atoms with Gasteiger partial charge < -0.3 is 10.6 Å². The monoisotopic (exact) mass is 198 g/mol. The van der Waals surface area contributed by atoms with Gasteiger partial charge in [0.15, 0.2) is 0 Å². The number of hydrogen-bond donors (Lipinski definition) is 1. The maximum absolute atomic E-state index is 11.7. The third kappa shape index (κ3) is 2.47. The lowest BCUT2D eigenvalue weighted by atomic mass is 10.1. The lowest BCUT2D eigenvalue weighted by Crippen LogP contribution is -2.40. The summed E-state index contributed by atoms with van der Waals surface area (Å²) in [6.45, 7) is 5.21. The third-order valence-corrected chi connectivity index (χ3v) is 2.97. The average Bonchev–Trinajstić information content (AvgIpc) is 2.48. The average molecular weight is 198 g/mol. The van der Waals surface area contributed by atoms with Crippen molar-refractivity contribution in [2.45, 2.75) is 58.0 Å². The van der Waals surface area contributed by atoms with Gasteiger partial charge in [0.25, 0.3) is 0 Å². The molecule has 3 heteroatoms. The number of rotatable bonds is 5. The van der Waals surface area contributed by atoms with E-state index in [1.54, 1.807) is 0 Å². The molecular weight excluding hydrogens is 176 g/mol. The van der Waals surface area contributed by atoms with Gasteiger partial charge in [-0.05, 0) is 19.3 Å². The van der Waals surface area contributed by atoms with E-state index in [2.05, 4.69) is 13.8 Å². The Hall–Kier alpha value is -0.570. The molecule has 0 radical (unpaired) electrons. The van der Waals surface area contributed by atoms with E-state index in [1.807, 2.05) is 4.90 Å². The van der Waals surface area contributed by atoms with Crippen LogP contribution in [0.3, 0.4) is 0 Å². The van der Waals surface area contributed by atoms with Crippen molar-refractivity contribution in [1.29, 1.82) is 0 Å². The second-order valence-corrected chi connectivity index (χ2v) is 4.16. The Balaban J connectivity index is 2.54. The second kappa shape index (κ2) is 5.35. The van der Waals surface area contributed by atoms with E-state index < -0.39 is 0 Å². The number of amides is 1. The van der Waals surface area contributed by atoms with Crippen LogP contribution >= 0.6 is 0 Å². The lowest BCUT2D eigenvalue weighted by Gasteiger charge is -2.27. The summed E-state index contributed by atoms with van der Waals surface area (Å²) >= 11 is 0. The first-order chi connectivity index (χ1) is 6.70. The van der Waals surface area contributed by atoms with Crippen molar-refractivity contribution < 1.29 is 4.79 Å². The minimum absolute atomic E-state index is 0.164. The van der Waals surface area contributed by atoms with Crippen LogP contribution in [0.2, 0.25) is 0 Å². The zero-order chi connectivity index (χ0) is 10.6. The van der Waals surface area contributed by atoms with Crippen LogP contribution in [0.4, 0.5) is 0 Å². The van der Waals surface area contributed by atoms with Gasteiger partial charge in [-0.1, -0.05) is 26.7 Å². The van der Waals surface area contributed by atoms with Crippen molar-refractivity contribution in [3.05, 3.63) is 0 Å². The fraction of sp³-hybridized carbons (Fsp3) is 0.909. The molecule has 3 nitrogen and oxygen atoms in total. The molecule has 0 aliphatic carbocycles. The van der Waals surface area contributed by atoms with Gasteiger partial charge in [-0.3, -0.25) is 4.79 Å². The molecule has 1 heterocycles. The Morgan fingerprint density at radius 2 is 2.00 bits per heavy atom. The molecule has 1 fully saturated rings. The van der Waals surface area contributed by atoms with E-state index in [4.69, 9.17) is 5.73 Å². The highest BCUT2D eigenvalue weighted by Gasteiger charge is 2.32. The number of hydrogen-bond acceptors (Lipinski definition) is 2. The first kappa shape index (κ1) is 11.5. The number of likely N-dealkylation sites (tertiary alicyclic amines) is 1. The molecule has 1 aliphatic heterocycles. The zero-order valence-corrected chi connectivity index (χ0v) is 9.33. The first-order valence-electron chi connectivity index (χ1n) is 5.76. The minimum Gasteiger partial charge on any atom is -0.338 e. The molecule has 0 spiro atoms. The van der Waals surface area contributed by atoms with E-state index in [0.717, 1.165) is 38.6 Å². The van der Waals surface area contributed by atoms with Crippen LogP contribution in [0.5, 0.6) is 0 Å². The molecule has 0 saturated carbocycles. The van der Waals surface area contributed by atoms with Crippen LogP contribution in [0, 0.1) is 0 Å². The van der Waals surface area contributed by atoms with E-state index in [1.165, 1.54) is 0 Å². The van der Waals surface area contributed by atoms with Crippen molar-refractivity contribution in [2.75, 3.05) is 6.54 Å². The fourth-order valence-corrected chi connectivity index (χ4v) is 2.21. The minimum atomic E-state index is -0.230. The van der Waals surface area contributed by atoms with Gasteiger partial charge in [-0.2, -0.15) is 0 Å². The van der Waals surface area contributed by atoms with Crippen molar-refractivity contribution in [3.63, 3.8) is 0 Å². The van der Waals surface area contributed by atoms with Gasteiger partial charge in [0, 0.05) is 12.6 Å². The Labute approximate surface area is 86.6 Å². The van der Waals surface area contributed by atoms with Gasteiger partial charge in [0.05, 0.1) is 6.04 Å². The smallest absolute Gasteiger partial charge is 0.239 e. The zero-order valence-electron chi connectivity index (χ0n) is 9.33. The van der Waals surface area contributed by atoms with Crippen LogP contribution in [0.1, 0.15) is 46.0 Å². The lowest BCUT2D eigenvalue weighted by molar-refractivity contribution is -0.131. The SMILES string of the molecule is CCCC(CCC)N1CCC(N)C1=O. The van der Waals surface area contributed by atoms with E-state index in [9.17, 15) is 4.79 Å². The Bertz CT molecular complexity index is 188.